The number of allylic oxidation sites excluding steroid dienone is 7. The van der Waals surface area contributed by atoms with Crippen molar-refractivity contribution in [2.45, 2.75) is 78.1 Å². The molecule has 0 spiro atoms. The molecule has 0 aromatic heterocycles. The van der Waals surface area contributed by atoms with Gasteiger partial charge in [0.2, 0.25) is 0 Å². The number of carbonyl (C=O) groups is 1. The zero-order chi connectivity index (χ0) is 17.0. The van der Waals surface area contributed by atoms with Crippen LogP contribution in [0.15, 0.2) is 48.8 Å². The van der Waals surface area contributed by atoms with Gasteiger partial charge in [-0.25, -0.2) is 0 Å². The first kappa shape index (κ1) is 21.4. The lowest BCUT2D eigenvalue weighted by atomic mass is 10.1. The van der Waals surface area contributed by atoms with Crippen LogP contribution in [-0.4, -0.2) is 5.97 Å². The van der Waals surface area contributed by atoms with Gasteiger partial charge in [-0.2, -0.15) is 0 Å². The maximum Gasteiger partial charge on any atom is 0.310 e. The molecule has 0 saturated heterocycles. The molecule has 0 aliphatic carbocycles. The molecule has 0 aromatic rings. The first-order chi connectivity index (χ1) is 11.3. The molecule has 0 N–H and O–H groups in total. The molecule has 0 aliphatic heterocycles. The fourth-order valence-electron chi connectivity index (χ4n) is 2.09. The fourth-order valence-corrected chi connectivity index (χ4v) is 2.09. The lowest BCUT2D eigenvalue weighted by Crippen LogP contribution is -1.98. The summed E-state index contributed by atoms with van der Waals surface area (Å²) in [7, 11) is 0. The topological polar surface area (TPSA) is 26.3 Å². The molecule has 130 valence electrons. The number of hydrogen-bond donors (Lipinski definition) is 0. The number of rotatable bonds is 14. The van der Waals surface area contributed by atoms with Gasteiger partial charge in [0.1, 0.15) is 0 Å². The predicted octanol–water partition coefficient (Wildman–Crippen LogP) is 6.65. The summed E-state index contributed by atoms with van der Waals surface area (Å²) in [6.45, 7) is 3.99. The molecule has 2 heteroatoms. The number of esters is 1. The summed E-state index contributed by atoms with van der Waals surface area (Å²) >= 11 is 0. The quantitative estimate of drug-likeness (QED) is 0.155. The standard InChI is InChI=1S/C21H34O2/c1-3-5-6-7-8-9-10-11-12-13-14-15-16-17-18-19-21(22)23-20-4-2/h4-6,8-9,11-12,20H,3,7,10,13-19H2,1-2H3/b6-5-,9-8-,12-11-,20-4+. The molecule has 0 radical (unpaired) electrons. The van der Waals surface area contributed by atoms with Gasteiger partial charge in [0.25, 0.3) is 0 Å². The lowest BCUT2D eigenvalue weighted by molar-refractivity contribution is -0.138. The average Bonchev–Trinajstić information content (AvgIpc) is 2.56. The Morgan fingerprint density at radius 3 is 2.13 bits per heavy atom. The van der Waals surface area contributed by atoms with E-state index in [1.54, 1.807) is 6.08 Å². The van der Waals surface area contributed by atoms with Crippen molar-refractivity contribution in [3.63, 3.8) is 0 Å². The van der Waals surface area contributed by atoms with E-state index in [-0.39, 0.29) is 5.97 Å². The largest absolute Gasteiger partial charge is 0.435 e. The number of hydrogen-bond acceptors (Lipinski definition) is 2. The van der Waals surface area contributed by atoms with Crippen LogP contribution in [0.1, 0.15) is 78.1 Å². The van der Waals surface area contributed by atoms with Gasteiger partial charge in [-0.3, -0.25) is 4.79 Å². The van der Waals surface area contributed by atoms with Gasteiger partial charge in [0.15, 0.2) is 0 Å². The second-order valence-corrected chi connectivity index (χ2v) is 5.56. The molecule has 23 heavy (non-hydrogen) atoms. The van der Waals surface area contributed by atoms with Crippen LogP contribution in [0.3, 0.4) is 0 Å². The van der Waals surface area contributed by atoms with Crippen molar-refractivity contribution in [1.82, 2.24) is 0 Å². The summed E-state index contributed by atoms with van der Waals surface area (Å²) in [6.07, 6.45) is 27.2. The molecule has 0 atom stereocenters. The second-order valence-electron chi connectivity index (χ2n) is 5.56. The highest BCUT2D eigenvalue weighted by molar-refractivity contribution is 5.69. The number of unbranched alkanes of at least 4 members (excludes halogenated alkanes) is 5. The SMILES string of the molecule is C/C=C/OC(=O)CCCCCCC/C=C\C/C=C\C/C=C\CC. The number of ether oxygens (including phenoxy) is 1. The second kappa shape index (κ2) is 18.5. The lowest BCUT2D eigenvalue weighted by Gasteiger charge is -2.00. The maximum absolute atomic E-state index is 11.2. The Morgan fingerprint density at radius 1 is 0.826 bits per heavy atom. The van der Waals surface area contributed by atoms with Crippen molar-refractivity contribution in [3.8, 4) is 0 Å². The summed E-state index contributed by atoms with van der Waals surface area (Å²) in [5.74, 6) is -0.121. The van der Waals surface area contributed by atoms with Crippen LogP contribution >= 0.6 is 0 Å². The van der Waals surface area contributed by atoms with E-state index >= 15 is 0 Å². The van der Waals surface area contributed by atoms with Crippen molar-refractivity contribution in [2.75, 3.05) is 0 Å². The van der Waals surface area contributed by atoms with E-state index < -0.39 is 0 Å². The van der Waals surface area contributed by atoms with Crippen molar-refractivity contribution in [2.24, 2.45) is 0 Å². The summed E-state index contributed by atoms with van der Waals surface area (Å²) in [4.78, 5) is 11.2. The van der Waals surface area contributed by atoms with Crippen molar-refractivity contribution >= 4 is 5.97 Å². The molecule has 0 fully saturated rings. The van der Waals surface area contributed by atoms with Crippen LogP contribution in [0, 0.1) is 0 Å². The fraction of sp³-hybridized carbons (Fsp3) is 0.571. The predicted molar refractivity (Wildman–Crippen MR) is 100 cm³/mol. The Labute approximate surface area is 143 Å². The van der Waals surface area contributed by atoms with Gasteiger partial charge >= 0.3 is 5.97 Å². The van der Waals surface area contributed by atoms with E-state index in [1.807, 2.05) is 6.92 Å². The molecule has 0 saturated carbocycles. The van der Waals surface area contributed by atoms with Crippen LogP contribution < -0.4 is 0 Å². The molecule has 0 unspecified atom stereocenters. The molecular weight excluding hydrogens is 284 g/mol. The highest BCUT2D eigenvalue weighted by atomic mass is 16.5. The third kappa shape index (κ3) is 18.4. The smallest absolute Gasteiger partial charge is 0.310 e. The van der Waals surface area contributed by atoms with Crippen LogP contribution in [-0.2, 0) is 9.53 Å². The summed E-state index contributed by atoms with van der Waals surface area (Å²) < 4.78 is 4.87. The van der Waals surface area contributed by atoms with E-state index in [4.69, 9.17) is 4.74 Å². The third-order valence-corrected chi connectivity index (χ3v) is 3.37. The van der Waals surface area contributed by atoms with Gasteiger partial charge < -0.3 is 4.74 Å². The third-order valence-electron chi connectivity index (χ3n) is 3.37. The molecular formula is C21H34O2. The van der Waals surface area contributed by atoms with Gasteiger partial charge in [-0.15, -0.1) is 0 Å². The Kier molecular flexibility index (Phi) is 17.2. The minimum atomic E-state index is -0.121. The van der Waals surface area contributed by atoms with E-state index in [0.717, 1.165) is 38.5 Å². The Morgan fingerprint density at radius 2 is 1.43 bits per heavy atom. The zero-order valence-electron chi connectivity index (χ0n) is 15.0. The van der Waals surface area contributed by atoms with Crippen molar-refractivity contribution < 1.29 is 9.53 Å². The normalized spacial score (nSPS) is 12.3. The first-order valence-corrected chi connectivity index (χ1v) is 9.06. The average molecular weight is 319 g/mol. The van der Waals surface area contributed by atoms with E-state index in [2.05, 4.69) is 43.4 Å². The minimum absolute atomic E-state index is 0.121. The van der Waals surface area contributed by atoms with Crippen LogP contribution in [0.4, 0.5) is 0 Å². The molecule has 0 aliphatic rings. The van der Waals surface area contributed by atoms with Gasteiger partial charge in [-0.1, -0.05) is 68.7 Å². The minimum Gasteiger partial charge on any atom is -0.435 e. The molecule has 0 heterocycles. The van der Waals surface area contributed by atoms with Crippen LogP contribution in [0.2, 0.25) is 0 Å². The molecule has 2 nitrogen and oxygen atoms in total. The van der Waals surface area contributed by atoms with Crippen LogP contribution in [0.25, 0.3) is 0 Å². The summed E-state index contributed by atoms with van der Waals surface area (Å²) in [6, 6.07) is 0. The summed E-state index contributed by atoms with van der Waals surface area (Å²) in [5.41, 5.74) is 0. The monoisotopic (exact) mass is 318 g/mol. The molecule has 0 aromatic carbocycles. The van der Waals surface area contributed by atoms with Crippen molar-refractivity contribution in [3.05, 3.63) is 48.8 Å². The maximum atomic E-state index is 11.2. The van der Waals surface area contributed by atoms with E-state index in [1.165, 1.54) is 25.5 Å². The highest BCUT2D eigenvalue weighted by Crippen LogP contribution is 2.08. The highest BCUT2D eigenvalue weighted by Gasteiger charge is 1.99. The Hall–Kier alpha value is -1.57. The Bertz CT molecular complexity index is 375. The van der Waals surface area contributed by atoms with Crippen LogP contribution in [0.5, 0.6) is 0 Å². The molecule has 0 amide bonds. The molecule has 0 rings (SSSR count). The summed E-state index contributed by atoms with van der Waals surface area (Å²) in [5, 5.41) is 0. The van der Waals surface area contributed by atoms with Gasteiger partial charge in [0.05, 0.1) is 6.26 Å². The molecule has 0 bridgehead atoms. The number of carbonyl (C=O) groups excluding carboxylic acids is 1. The van der Waals surface area contributed by atoms with Crippen molar-refractivity contribution in [1.29, 1.82) is 0 Å². The Balaban J connectivity index is 3.31. The van der Waals surface area contributed by atoms with E-state index in [0.29, 0.717) is 6.42 Å². The van der Waals surface area contributed by atoms with E-state index in [9.17, 15) is 4.79 Å². The zero-order valence-corrected chi connectivity index (χ0v) is 15.0. The first-order valence-electron chi connectivity index (χ1n) is 9.06. The van der Waals surface area contributed by atoms with Gasteiger partial charge in [-0.05, 0) is 45.4 Å². The van der Waals surface area contributed by atoms with Gasteiger partial charge in [0, 0.05) is 6.42 Å².